The third kappa shape index (κ3) is 2.67. The fourth-order valence-electron chi connectivity index (χ4n) is 3.48. The quantitative estimate of drug-likeness (QED) is 0.812. The maximum Gasteiger partial charge on any atom is 0.159 e. The van der Waals surface area contributed by atoms with E-state index in [1.54, 1.807) is 6.92 Å². The second kappa shape index (κ2) is 6.29. The van der Waals surface area contributed by atoms with Crippen LogP contribution in [0.5, 0.6) is 5.75 Å². The largest absolute Gasteiger partial charge is 0.492 e. The van der Waals surface area contributed by atoms with Crippen molar-refractivity contribution in [3.05, 3.63) is 47.5 Å². The lowest BCUT2D eigenvalue weighted by molar-refractivity contribution is 0.101. The second-order valence-electron chi connectivity index (χ2n) is 6.28. The molecular weight excluding hydrogens is 302 g/mol. The molecule has 4 heteroatoms. The van der Waals surface area contributed by atoms with Crippen LogP contribution in [0.15, 0.2) is 36.4 Å². The normalized spacial score (nSPS) is 16.6. The maximum absolute atomic E-state index is 11.9. The van der Waals surface area contributed by atoms with Gasteiger partial charge >= 0.3 is 0 Å². The Kier molecular flexibility index (Phi) is 3.98. The van der Waals surface area contributed by atoms with E-state index in [2.05, 4.69) is 29.2 Å². The minimum absolute atomic E-state index is 0.0817. The molecule has 0 N–H and O–H groups in total. The number of anilines is 1. The van der Waals surface area contributed by atoms with Gasteiger partial charge < -0.3 is 14.4 Å². The van der Waals surface area contributed by atoms with Crippen molar-refractivity contribution in [3.63, 3.8) is 0 Å². The predicted octanol–water partition coefficient (Wildman–Crippen LogP) is 3.33. The molecule has 24 heavy (non-hydrogen) atoms. The molecule has 0 amide bonds. The monoisotopic (exact) mass is 323 g/mol. The van der Waals surface area contributed by atoms with Crippen molar-refractivity contribution in [1.29, 1.82) is 0 Å². The Morgan fingerprint density at radius 3 is 2.67 bits per heavy atom. The van der Waals surface area contributed by atoms with Crippen LogP contribution in [0.1, 0.15) is 22.8 Å². The number of nitrogens with zero attached hydrogens (tertiary/aromatic N) is 1. The van der Waals surface area contributed by atoms with Gasteiger partial charge in [-0.3, -0.25) is 4.79 Å². The molecule has 0 bridgehead atoms. The van der Waals surface area contributed by atoms with E-state index in [1.807, 2.05) is 12.1 Å². The van der Waals surface area contributed by atoms with Crippen LogP contribution in [-0.4, -0.2) is 38.7 Å². The lowest BCUT2D eigenvalue weighted by atomic mass is 9.96. The molecule has 0 saturated carbocycles. The highest BCUT2D eigenvalue weighted by molar-refractivity contribution is 5.97. The molecule has 1 saturated heterocycles. The van der Waals surface area contributed by atoms with E-state index in [9.17, 15) is 4.79 Å². The highest BCUT2D eigenvalue weighted by Gasteiger charge is 2.22. The molecule has 4 nitrogen and oxygen atoms in total. The van der Waals surface area contributed by atoms with Crippen LogP contribution in [0.25, 0.3) is 11.1 Å². The van der Waals surface area contributed by atoms with Crippen molar-refractivity contribution in [2.24, 2.45) is 0 Å². The van der Waals surface area contributed by atoms with Gasteiger partial charge in [-0.1, -0.05) is 18.2 Å². The Hall–Kier alpha value is -2.33. The third-order valence-electron chi connectivity index (χ3n) is 4.76. The summed E-state index contributed by atoms with van der Waals surface area (Å²) in [5.41, 5.74) is 5.27. The van der Waals surface area contributed by atoms with E-state index < -0.39 is 0 Å². The standard InChI is InChI=1S/C20H21NO3/c1-14(22)16-5-6-19(21-8-11-23-12-9-21)18(13-16)17-4-2-3-15-7-10-24-20(15)17/h2-6,13H,7-12H2,1H3. The summed E-state index contributed by atoms with van der Waals surface area (Å²) < 4.78 is 11.4. The van der Waals surface area contributed by atoms with Crippen LogP contribution >= 0.6 is 0 Å². The summed E-state index contributed by atoms with van der Waals surface area (Å²) in [5.74, 6) is 1.05. The average molecular weight is 323 g/mol. The smallest absolute Gasteiger partial charge is 0.159 e. The van der Waals surface area contributed by atoms with Crippen LogP contribution in [0.3, 0.4) is 0 Å². The Balaban J connectivity index is 1.87. The topological polar surface area (TPSA) is 38.8 Å². The van der Waals surface area contributed by atoms with Crippen LogP contribution in [0.2, 0.25) is 0 Å². The van der Waals surface area contributed by atoms with Crippen molar-refractivity contribution in [1.82, 2.24) is 0 Å². The zero-order valence-corrected chi connectivity index (χ0v) is 13.9. The van der Waals surface area contributed by atoms with Gasteiger partial charge in [0.05, 0.1) is 19.8 Å². The summed E-state index contributed by atoms with van der Waals surface area (Å²) >= 11 is 0. The van der Waals surface area contributed by atoms with E-state index in [0.717, 1.165) is 67.5 Å². The van der Waals surface area contributed by atoms with E-state index in [-0.39, 0.29) is 5.78 Å². The molecule has 124 valence electrons. The predicted molar refractivity (Wildman–Crippen MR) is 94.1 cm³/mol. The summed E-state index contributed by atoms with van der Waals surface area (Å²) in [5, 5.41) is 0. The van der Waals surface area contributed by atoms with Gasteiger partial charge in [0.15, 0.2) is 5.78 Å². The Bertz CT molecular complexity index is 778. The first-order chi connectivity index (χ1) is 11.7. The number of rotatable bonds is 3. The molecule has 0 aromatic heterocycles. The maximum atomic E-state index is 11.9. The van der Waals surface area contributed by atoms with E-state index >= 15 is 0 Å². The fourth-order valence-corrected chi connectivity index (χ4v) is 3.48. The van der Waals surface area contributed by atoms with Gasteiger partial charge in [0.1, 0.15) is 5.75 Å². The first-order valence-electron chi connectivity index (χ1n) is 8.47. The number of ether oxygens (including phenoxy) is 2. The molecule has 1 fully saturated rings. The number of carbonyl (C=O) groups excluding carboxylic acids is 1. The second-order valence-corrected chi connectivity index (χ2v) is 6.28. The summed E-state index contributed by atoms with van der Waals surface area (Å²) in [7, 11) is 0. The number of Topliss-reactive ketones (excluding diaryl/α,β-unsaturated/α-hetero) is 1. The number of morpholine rings is 1. The van der Waals surface area contributed by atoms with Gasteiger partial charge in [0.25, 0.3) is 0 Å². The van der Waals surface area contributed by atoms with Crippen molar-refractivity contribution >= 4 is 11.5 Å². The molecule has 2 heterocycles. The minimum Gasteiger partial charge on any atom is -0.492 e. The third-order valence-corrected chi connectivity index (χ3v) is 4.76. The summed E-state index contributed by atoms with van der Waals surface area (Å²) in [4.78, 5) is 14.2. The molecule has 2 aromatic rings. The van der Waals surface area contributed by atoms with Crippen LogP contribution in [0.4, 0.5) is 5.69 Å². The molecule has 0 aliphatic carbocycles. The summed E-state index contributed by atoms with van der Waals surface area (Å²) in [6, 6.07) is 12.3. The van der Waals surface area contributed by atoms with Crippen molar-refractivity contribution in [3.8, 4) is 16.9 Å². The van der Waals surface area contributed by atoms with Crippen molar-refractivity contribution < 1.29 is 14.3 Å². The van der Waals surface area contributed by atoms with Crippen LogP contribution < -0.4 is 9.64 Å². The van der Waals surface area contributed by atoms with E-state index in [1.165, 1.54) is 5.56 Å². The molecule has 0 radical (unpaired) electrons. The first kappa shape index (κ1) is 15.2. The van der Waals surface area contributed by atoms with Gasteiger partial charge in [0, 0.05) is 41.9 Å². The average Bonchev–Trinajstić information content (AvgIpc) is 3.10. The SMILES string of the molecule is CC(=O)c1ccc(N2CCOCC2)c(-c2cccc3c2OCC3)c1. The molecule has 0 unspecified atom stereocenters. The van der Waals surface area contributed by atoms with E-state index in [0.29, 0.717) is 0 Å². The molecule has 2 aliphatic heterocycles. The minimum atomic E-state index is 0.0817. The highest BCUT2D eigenvalue weighted by Crippen LogP contribution is 2.41. The molecule has 2 aliphatic rings. The number of fused-ring (bicyclic) bond motifs is 1. The number of hydrogen-bond acceptors (Lipinski definition) is 4. The van der Waals surface area contributed by atoms with Crippen molar-refractivity contribution in [2.75, 3.05) is 37.8 Å². The Labute approximate surface area is 142 Å². The molecular formula is C20H21NO3. The number of carbonyl (C=O) groups is 1. The zero-order valence-electron chi connectivity index (χ0n) is 13.9. The van der Waals surface area contributed by atoms with E-state index in [4.69, 9.17) is 9.47 Å². The summed E-state index contributed by atoms with van der Waals surface area (Å²) in [6.45, 7) is 5.53. The highest BCUT2D eigenvalue weighted by atomic mass is 16.5. The number of para-hydroxylation sites is 1. The fraction of sp³-hybridized carbons (Fsp3) is 0.350. The van der Waals surface area contributed by atoms with Gasteiger partial charge in [-0.05, 0) is 30.7 Å². The molecule has 2 aromatic carbocycles. The van der Waals surface area contributed by atoms with Gasteiger partial charge in [-0.2, -0.15) is 0 Å². The molecule has 0 spiro atoms. The van der Waals surface area contributed by atoms with Crippen molar-refractivity contribution in [2.45, 2.75) is 13.3 Å². The first-order valence-corrected chi connectivity index (χ1v) is 8.47. The number of benzene rings is 2. The van der Waals surface area contributed by atoms with Crippen LogP contribution in [0, 0.1) is 0 Å². The van der Waals surface area contributed by atoms with Gasteiger partial charge in [-0.25, -0.2) is 0 Å². The summed E-state index contributed by atoms with van der Waals surface area (Å²) in [6.07, 6.45) is 0.947. The lowest BCUT2D eigenvalue weighted by Gasteiger charge is -2.31. The van der Waals surface area contributed by atoms with Gasteiger partial charge in [-0.15, -0.1) is 0 Å². The number of ketones is 1. The Morgan fingerprint density at radius 1 is 1.04 bits per heavy atom. The lowest BCUT2D eigenvalue weighted by Crippen LogP contribution is -2.36. The Morgan fingerprint density at radius 2 is 1.88 bits per heavy atom. The zero-order chi connectivity index (χ0) is 16.5. The van der Waals surface area contributed by atoms with Crippen LogP contribution in [-0.2, 0) is 11.2 Å². The molecule has 4 rings (SSSR count). The van der Waals surface area contributed by atoms with Gasteiger partial charge in [0.2, 0.25) is 0 Å². The number of hydrogen-bond donors (Lipinski definition) is 0. The molecule has 0 atom stereocenters.